The molecule has 1 aromatic carbocycles. The highest BCUT2D eigenvalue weighted by atomic mass is 79.9. The molecule has 1 aliphatic carbocycles. The van der Waals surface area contributed by atoms with Gasteiger partial charge < -0.3 is 5.11 Å². The Bertz CT molecular complexity index is 411. The van der Waals surface area contributed by atoms with Crippen LogP contribution in [0, 0.1) is 17.8 Å². The molecule has 0 aromatic heterocycles. The highest BCUT2D eigenvalue weighted by Gasteiger charge is 2.29. The molecule has 1 aromatic rings. The molecule has 0 amide bonds. The largest absolute Gasteiger partial charge is 0.388 e. The van der Waals surface area contributed by atoms with Crippen molar-refractivity contribution in [2.45, 2.75) is 39.2 Å². The van der Waals surface area contributed by atoms with Crippen LogP contribution >= 0.6 is 27.5 Å². The van der Waals surface area contributed by atoms with Crippen molar-refractivity contribution < 1.29 is 5.11 Å². The number of aliphatic hydroxyl groups excluding tert-OH is 1. The van der Waals surface area contributed by atoms with Crippen molar-refractivity contribution in [3.8, 4) is 0 Å². The van der Waals surface area contributed by atoms with Crippen molar-refractivity contribution in [2.75, 3.05) is 0 Å². The molecular weight excluding hydrogens is 312 g/mol. The summed E-state index contributed by atoms with van der Waals surface area (Å²) in [5.41, 5.74) is 0.970. The molecule has 0 aliphatic heterocycles. The second-order valence-electron chi connectivity index (χ2n) is 5.80. The molecule has 1 saturated carbocycles. The average molecular weight is 332 g/mol. The van der Waals surface area contributed by atoms with Crippen molar-refractivity contribution in [1.29, 1.82) is 0 Å². The molecule has 0 spiro atoms. The van der Waals surface area contributed by atoms with Crippen molar-refractivity contribution in [3.05, 3.63) is 33.3 Å². The summed E-state index contributed by atoms with van der Waals surface area (Å²) in [6.07, 6.45) is 3.15. The van der Waals surface area contributed by atoms with Gasteiger partial charge in [-0.1, -0.05) is 31.5 Å². The van der Waals surface area contributed by atoms with Gasteiger partial charge in [0.1, 0.15) is 0 Å². The Labute approximate surface area is 123 Å². The summed E-state index contributed by atoms with van der Waals surface area (Å²) in [5, 5.41) is 11.2. The molecule has 0 saturated heterocycles. The Balaban J connectivity index is 2.14. The molecule has 2 rings (SSSR count). The summed E-state index contributed by atoms with van der Waals surface area (Å²) in [4.78, 5) is 0. The van der Waals surface area contributed by atoms with E-state index in [9.17, 15) is 5.11 Å². The van der Waals surface area contributed by atoms with Gasteiger partial charge in [0.25, 0.3) is 0 Å². The van der Waals surface area contributed by atoms with E-state index in [1.807, 2.05) is 18.2 Å². The predicted molar refractivity (Wildman–Crippen MR) is 79.8 cm³/mol. The lowest BCUT2D eigenvalue weighted by Gasteiger charge is -2.34. The lowest BCUT2D eigenvalue weighted by atomic mass is 9.73. The zero-order valence-corrected chi connectivity index (χ0v) is 13.2. The second kappa shape index (κ2) is 5.94. The highest BCUT2D eigenvalue weighted by Crippen LogP contribution is 2.40. The lowest BCUT2D eigenvalue weighted by Crippen LogP contribution is -2.24. The summed E-state index contributed by atoms with van der Waals surface area (Å²) in [6, 6.07) is 5.72. The first kappa shape index (κ1) is 14.4. The first-order valence-corrected chi connectivity index (χ1v) is 7.77. The molecule has 1 aliphatic rings. The van der Waals surface area contributed by atoms with E-state index in [2.05, 4.69) is 29.8 Å². The third kappa shape index (κ3) is 3.28. The number of halogens is 2. The number of aliphatic hydroxyl groups is 1. The van der Waals surface area contributed by atoms with Crippen LogP contribution in [0.1, 0.15) is 44.8 Å². The van der Waals surface area contributed by atoms with Gasteiger partial charge in [0, 0.05) is 4.47 Å². The van der Waals surface area contributed by atoms with Gasteiger partial charge in [-0.2, -0.15) is 0 Å². The molecule has 0 heterocycles. The molecule has 0 bridgehead atoms. The van der Waals surface area contributed by atoms with Crippen LogP contribution < -0.4 is 0 Å². The van der Waals surface area contributed by atoms with Gasteiger partial charge in [0.15, 0.2) is 0 Å². The van der Waals surface area contributed by atoms with E-state index in [1.54, 1.807) is 0 Å². The Morgan fingerprint density at radius 1 is 1.22 bits per heavy atom. The quantitative estimate of drug-likeness (QED) is 0.789. The molecule has 18 heavy (non-hydrogen) atoms. The standard InChI is InChI=1S/C15H20BrClO/c1-9-5-10(2)7-12(6-9)15(18)11-3-4-14(17)13(16)8-11/h3-4,8-10,12,15,18H,5-7H2,1-2H3. The molecule has 3 atom stereocenters. The second-order valence-corrected chi connectivity index (χ2v) is 7.06. The first-order chi connectivity index (χ1) is 8.47. The van der Waals surface area contributed by atoms with Gasteiger partial charge >= 0.3 is 0 Å². The van der Waals surface area contributed by atoms with Gasteiger partial charge in [-0.3, -0.25) is 0 Å². The fourth-order valence-electron chi connectivity index (χ4n) is 3.24. The van der Waals surface area contributed by atoms with Crippen molar-refractivity contribution in [2.24, 2.45) is 17.8 Å². The van der Waals surface area contributed by atoms with Crippen LogP contribution in [0.2, 0.25) is 5.02 Å². The van der Waals surface area contributed by atoms with Gasteiger partial charge in [-0.15, -0.1) is 0 Å². The third-order valence-electron chi connectivity index (χ3n) is 3.95. The molecule has 0 radical (unpaired) electrons. The SMILES string of the molecule is CC1CC(C)CC(C(O)c2ccc(Cl)c(Br)c2)C1. The summed E-state index contributed by atoms with van der Waals surface area (Å²) in [7, 11) is 0. The van der Waals surface area contributed by atoms with Crippen molar-refractivity contribution in [3.63, 3.8) is 0 Å². The topological polar surface area (TPSA) is 20.2 Å². The fourth-order valence-corrected chi connectivity index (χ4v) is 3.75. The molecule has 1 N–H and O–H groups in total. The minimum atomic E-state index is -0.372. The van der Waals surface area contributed by atoms with Crippen molar-refractivity contribution >= 4 is 27.5 Å². The van der Waals surface area contributed by atoms with E-state index >= 15 is 0 Å². The summed E-state index contributed by atoms with van der Waals surface area (Å²) in [6.45, 7) is 4.57. The summed E-state index contributed by atoms with van der Waals surface area (Å²) in [5.74, 6) is 1.80. The van der Waals surface area contributed by atoms with Crippen molar-refractivity contribution in [1.82, 2.24) is 0 Å². The molecule has 1 nitrogen and oxygen atoms in total. The number of benzene rings is 1. The third-order valence-corrected chi connectivity index (χ3v) is 5.16. The maximum Gasteiger partial charge on any atom is 0.0818 e. The Morgan fingerprint density at radius 3 is 2.39 bits per heavy atom. The lowest BCUT2D eigenvalue weighted by molar-refractivity contribution is 0.0551. The average Bonchev–Trinajstić information content (AvgIpc) is 2.30. The molecule has 1 fully saturated rings. The van der Waals surface area contributed by atoms with Crippen LogP contribution in [0.25, 0.3) is 0 Å². The fraction of sp³-hybridized carbons (Fsp3) is 0.600. The van der Waals surface area contributed by atoms with E-state index < -0.39 is 0 Å². The number of hydrogen-bond acceptors (Lipinski definition) is 1. The normalized spacial score (nSPS) is 30.2. The van der Waals surface area contributed by atoms with Gasteiger partial charge in [-0.25, -0.2) is 0 Å². The molecular formula is C15H20BrClO. The maximum atomic E-state index is 10.5. The highest BCUT2D eigenvalue weighted by molar-refractivity contribution is 9.10. The maximum absolute atomic E-state index is 10.5. The van der Waals surface area contributed by atoms with Gasteiger partial charge in [0.2, 0.25) is 0 Å². The monoisotopic (exact) mass is 330 g/mol. The zero-order valence-electron chi connectivity index (χ0n) is 10.9. The molecule has 100 valence electrons. The molecule has 3 heteroatoms. The Morgan fingerprint density at radius 2 is 1.83 bits per heavy atom. The summed E-state index contributed by atoms with van der Waals surface area (Å²) < 4.78 is 0.859. The van der Waals surface area contributed by atoms with Gasteiger partial charge in [-0.05, 0) is 70.6 Å². The minimum absolute atomic E-state index is 0.372. The minimum Gasteiger partial charge on any atom is -0.388 e. The molecule has 3 unspecified atom stereocenters. The van der Waals surface area contributed by atoms with Crippen LogP contribution in [0.4, 0.5) is 0 Å². The van der Waals surface area contributed by atoms with E-state index in [1.165, 1.54) is 6.42 Å². The van der Waals surface area contributed by atoms with E-state index in [-0.39, 0.29) is 6.10 Å². The van der Waals surface area contributed by atoms with E-state index in [4.69, 9.17) is 11.6 Å². The predicted octanol–water partition coefficient (Wildman–Crippen LogP) is 5.21. The number of hydrogen-bond donors (Lipinski definition) is 1. The smallest absolute Gasteiger partial charge is 0.0818 e. The Hall–Kier alpha value is -0.0500. The van der Waals surface area contributed by atoms with E-state index in [0.29, 0.717) is 22.8 Å². The number of rotatable bonds is 2. The van der Waals surface area contributed by atoms with Crippen LogP contribution in [-0.2, 0) is 0 Å². The van der Waals surface area contributed by atoms with Gasteiger partial charge in [0.05, 0.1) is 11.1 Å². The first-order valence-electron chi connectivity index (χ1n) is 6.60. The Kier molecular flexibility index (Phi) is 4.74. The zero-order chi connectivity index (χ0) is 13.3. The van der Waals surface area contributed by atoms with Crippen LogP contribution in [0.15, 0.2) is 22.7 Å². The van der Waals surface area contributed by atoms with Crippen LogP contribution in [0.5, 0.6) is 0 Å². The summed E-state index contributed by atoms with van der Waals surface area (Å²) >= 11 is 9.41. The van der Waals surface area contributed by atoms with Crippen LogP contribution in [0.3, 0.4) is 0 Å². The van der Waals surface area contributed by atoms with E-state index in [0.717, 1.165) is 22.9 Å². The van der Waals surface area contributed by atoms with Crippen LogP contribution in [-0.4, -0.2) is 5.11 Å².